The summed E-state index contributed by atoms with van der Waals surface area (Å²) in [6.45, 7) is 11.9. The highest BCUT2D eigenvalue weighted by molar-refractivity contribution is 5.75. The van der Waals surface area contributed by atoms with Crippen LogP contribution in [-0.4, -0.2) is 11.1 Å². The number of carboxylic acid groups (broad SMARTS) is 1. The van der Waals surface area contributed by atoms with E-state index in [1.165, 1.54) is 5.57 Å². The van der Waals surface area contributed by atoms with Crippen molar-refractivity contribution in [2.24, 2.45) is 17.3 Å². The summed E-state index contributed by atoms with van der Waals surface area (Å²) in [6, 6.07) is 0. The lowest BCUT2D eigenvalue weighted by molar-refractivity contribution is -0.151. The van der Waals surface area contributed by atoms with Crippen molar-refractivity contribution in [2.75, 3.05) is 0 Å². The molecular weight excluding hydrogens is 200 g/mol. The van der Waals surface area contributed by atoms with Gasteiger partial charge >= 0.3 is 5.97 Å². The fourth-order valence-electron chi connectivity index (χ4n) is 2.52. The summed E-state index contributed by atoms with van der Waals surface area (Å²) in [7, 11) is 0. The standard InChI is InChI=1S/C14H22O2/c1-9(2)6-12-7-10(3)11(4)8-14(12,5)13(15)16/h7,11-12H,1,6,8H2,2-5H3,(H,15,16). The lowest BCUT2D eigenvalue weighted by Crippen LogP contribution is -2.39. The van der Waals surface area contributed by atoms with E-state index in [0.29, 0.717) is 5.92 Å². The number of carboxylic acids is 1. The number of aliphatic carboxylic acids is 1. The van der Waals surface area contributed by atoms with Crippen LogP contribution in [0.5, 0.6) is 0 Å². The van der Waals surface area contributed by atoms with Gasteiger partial charge in [0.25, 0.3) is 0 Å². The zero-order valence-electron chi connectivity index (χ0n) is 10.7. The normalized spacial score (nSPS) is 34.4. The monoisotopic (exact) mass is 222 g/mol. The van der Waals surface area contributed by atoms with Crippen molar-refractivity contribution in [2.45, 2.75) is 40.5 Å². The summed E-state index contributed by atoms with van der Waals surface area (Å²) in [4.78, 5) is 11.5. The smallest absolute Gasteiger partial charge is 0.309 e. The minimum atomic E-state index is -0.686. The Hall–Kier alpha value is -1.05. The van der Waals surface area contributed by atoms with Crippen molar-refractivity contribution in [1.82, 2.24) is 0 Å². The largest absolute Gasteiger partial charge is 0.481 e. The van der Waals surface area contributed by atoms with Crippen molar-refractivity contribution in [3.63, 3.8) is 0 Å². The van der Waals surface area contributed by atoms with Gasteiger partial charge in [0.1, 0.15) is 0 Å². The first-order valence-corrected chi connectivity index (χ1v) is 5.83. The molecule has 16 heavy (non-hydrogen) atoms. The number of allylic oxidation sites excluding steroid dienone is 3. The van der Waals surface area contributed by atoms with Crippen LogP contribution in [0.1, 0.15) is 40.5 Å². The van der Waals surface area contributed by atoms with Crippen LogP contribution < -0.4 is 0 Å². The second kappa shape index (κ2) is 4.44. The molecule has 0 aliphatic heterocycles. The highest BCUT2D eigenvalue weighted by Gasteiger charge is 2.43. The molecule has 0 aromatic carbocycles. The minimum Gasteiger partial charge on any atom is -0.481 e. The van der Waals surface area contributed by atoms with Crippen LogP contribution in [0.2, 0.25) is 0 Å². The van der Waals surface area contributed by atoms with Gasteiger partial charge in [-0.05, 0) is 45.4 Å². The van der Waals surface area contributed by atoms with Crippen molar-refractivity contribution < 1.29 is 9.90 Å². The first kappa shape index (κ1) is 13.0. The van der Waals surface area contributed by atoms with E-state index < -0.39 is 11.4 Å². The summed E-state index contributed by atoms with van der Waals surface area (Å²) in [6.07, 6.45) is 3.63. The molecular formula is C14H22O2. The average molecular weight is 222 g/mol. The molecule has 0 heterocycles. The average Bonchev–Trinajstić information content (AvgIpc) is 2.13. The van der Waals surface area contributed by atoms with Crippen molar-refractivity contribution in [3.05, 3.63) is 23.8 Å². The van der Waals surface area contributed by atoms with Gasteiger partial charge in [0.2, 0.25) is 0 Å². The Morgan fingerprint density at radius 1 is 1.69 bits per heavy atom. The molecule has 0 saturated heterocycles. The third-order valence-electron chi connectivity index (χ3n) is 3.85. The van der Waals surface area contributed by atoms with Crippen LogP contribution in [0.15, 0.2) is 23.8 Å². The van der Waals surface area contributed by atoms with E-state index in [-0.39, 0.29) is 5.92 Å². The zero-order valence-corrected chi connectivity index (χ0v) is 10.7. The quantitative estimate of drug-likeness (QED) is 0.740. The van der Waals surface area contributed by atoms with Gasteiger partial charge in [0, 0.05) is 0 Å². The summed E-state index contributed by atoms with van der Waals surface area (Å²) in [5, 5.41) is 9.43. The number of hydrogen-bond acceptors (Lipinski definition) is 1. The van der Waals surface area contributed by atoms with Gasteiger partial charge < -0.3 is 5.11 Å². The van der Waals surface area contributed by atoms with Crippen LogP contribution in [0.3, 0.4) is 0 Å². The molecule has 0 bridgehead atoms. The van der Waals surface area contributed by atoms with Gasteiger partial charge in [0.15, 0.2) is 0 Å². The molecule has 1 aliphatic carbocycles. The van der Waals surface area contributed by atoms with Crippen LogP contribution in [-0.2, 0) is 4.79 Å². The summed E-state index contributed by atoms with van der Waals surface area (Å²) >= 11 is 0. The highest BCUT2D eigenvalue weighted by Crippen LogP contribution is 2.45. The number of hydrogen-bond donors (Lipinski definition) is 1. The van der Waals surface area contributed by atoms with Crippen LogP contribution in [0.4, 0.5) is 0 Å². The van der Waals surface area contributed by atoms with Crippen molar-refractivity contribution in [1.29, 1.82) is 0 Å². The number of carbonyl (C=O) groups is 1. The zero-order chi connectivity index (χ0) is 12.5. The predicted octanol–water partition coefficient (Wildman–Crippen LogP) is 3.65. The first-order chi connectivity index (χ1) is 7.27. The van der Waals surface area contributed by atoms with E-state index in [1.807, 2.05) is 13.8 Å². The molecule has 0 saturated carbocycles. The van der Waals surface area contributed by atoms with E-state index in [4.69, 9.17) is 0 Å². The maximum atomic E-state index is 11.5. The highest BCUT2D eigenvalue weighted by atomic mass is 16.4. The van der Waals surface area contributed by atoms with Gasteiger partial charge in [0.05, 0.1) is 5.41 Å². The summed E-state index contributed by atoms with van der Waals surface area (Å²) in [5.74, 6) is -0.240. The second-order valence-corrected chi connectivity index (χ2v) is 5.51. The molecule has 0 aromatic heterocycles. The Labute approximate surface area is 98.1 Å². The molecule has 0 spiro atoms. The van der Waals surface area contributed by atoms with Gasteiger partial charge in [-0.15, -0.1) is 6.58 Å². The van der Waals surface area contributed by atoms with E-state index in [0.717, 1.165) is 18.4 Å². The van der Waals surface area contributed by atoms with Crippen LogP contribution >= 0.6 is 0 Å². The fourth-order valence-corrected chi connectivity index (χ4v) is 2.52. The molecule has 0 amide bonds. The predicted molar refractivity (Wildman–Crippen MR) is 66.2 cm³/mol. The first-order valence-electron chi connectivity index (χ1n) is 5.83. The molecule has 3 atom stereocenters. The minimum absolute atomic E-state index is 0.0821. The van der Waals surface area contributed by atoms with Gasteiger partial charge in [-0.1, -0.05) is 24.1 Å². The van der Waals surface area contributed by atoms with Crippen molar-refractivity contribution in [3.8, 4) is 0 Å². The SMILES string of the molecule is C=C(C)CC1C=C(C)C(C)CC1(C)C(=O)O. The molecule has 1 N–H and O–H groups in total. The van der Waals surface area contributed by atoms with Gasteiger partial charge in [-0.2, -0.15) is 0 Å². The third-order valence-corrected chi connectivity index (χ3v) is 3.85. The van der Waals surface area contributed by atoms with Crippen LogP contribution in [0.25, 0.3) is 0 Å². The molecule has 2 nitrogen and oxygen atoms in total. The Morgan fingerprint density at radius 2 is 2.25 bits per heavy atom. The van der Waals surface area contributed by atoms with E-state index in [2.05, 4.69) is 26.5 Å². The van der Waals surface area contributed by atoms with E-state index in [1.54, 1.807) is 0 Å². The Morgan fingerprint density at radius 3 is 2.69 bits per heavy atom. The molecule has 0 fully saturated rings. The third kappa shape index (κ3) is 2.37. The molecule has 0 radical (unpaired) electrons. The Balaban J connectivity index is 3.07. The molecule has 3 unspecified atom stereocenters. The maximum Gasteiger partial charge on any atom is 0.309 e. The van der Waals surface area contributed by atoms with E-state index >= 15 is 0 Å². The van der Waals surface area contributed by atoms with E-state index in [9.17, 15) is 9.90 Å². The lowest BCUT2D eigenvalue weighted by atomic mass is 9.64. The molecule has 0 aromatic rings. The Kier molecular flexibility index (Phi) is 3.61. The second-order valence-electron chi connectivity index (χ2n) is 5.51. The Bertz CT molecular complexity index is 341. The fraction of sp³-hybridized carbons (Fsp3) is 0.643. The molecule has 1 rings (SSSR count). The lowest BCUT2D eigenvalue weighted by Gasteiger charge is -2.39. The summed E-state index contributed by atoms with van der Waals surface area (Å²) < 4.78 is 0. The topological polar surface area (TPSA) is 37.3 Å². The molecule has 1 aliphatic rings. The van der Waals surface area contributed by atoms with Crippen molar-refractivity contribution >= 4 is 5.97 Å². The molecule has 90 valence electrons. The summed E-state index contributed by atoms with van der Waals surface area (Å²) in [5.41, 5.74) is 1.72. The maximum absolute atomic E-state index is 11.5. The van der Waals surface area contributed by atoms with Crippen LogP contribution in [0, 0.1) is 17.3 Å². The van der Waals surface area contributed by atoms with Gasteiger partial charge in [-0.25, -0.2) is 0 Å². The number of rotatable bonds is 3. The van der Waals surface area contributed by atoms with Gasteiger partial charge in [-0.3, -0.25) is 4.79 Å². The molecule has 2 heteroatoms.